The molecule has 0 aromatic heterocycles. The van der Waals surface area contributed by atoms with E-state index in [0.29, 0.717) is 12.8 Å². The molecule has 0 aliphatic carbocycles. The number of hydrogen-bond donors (Lipinski definition) is 4. The molecule has 2 atom stereocenters. The van der Waals surface area contributed by atoms with Gasteiger partial charge in [0, 0.05) is 0 Å². The summed E-state index contributed by atoms with van der Waals surface area (Å²) < 4.78 is 0. The van der Waals surface area contributed by atoms with Crippen molar-refractivity contribution in [3.63, 3.8) is 0 Å². The molecule has 0 heterocycles. The Balaban J connectivity index is 3.30. The number of carbonyl (C=O) groups is 2. The Morgan fingerprint density at radius 2 is 1.06 bits per heavy atom. The lowest BCUT2D eigenvalue weighted by Gasteiger charge is -2.07. The topological polar surface area (TPSA) is 127 Å². The first kappa shape index (κ1) is 15.9. The Bertz CT molecular complexity index is 222. The van der Waals surface area contributed by atoms with E-state index >= 15 is 0 Å². The second-order valence-electron chi connectivity index (χ2n) is 4.23. The van der Waals surface area contributed by atoms with Gasteiger partial charge in [-0.2, -0.15) is 0 Å². The third-order valence-electron chi connectivity index (χ3n) is 2.66. The molecule has 0 bridgehead atoms. The van der Waals surface area contributed by atoms with Gasteiger partial charge in [-0.1, -0.05) is 32.1 Å². The summed E-state index contributed by atoms with van der Waals surface area (Å²) >= 11 is 0. The predicted molar refractivity (Wildman–Crippen MR) is 63.5 cm³/mol. The minimum atomic E-state index is -0.961. The summed E-state index contributed by atoms with van der Waals surface area (Å²) in [4.78, 5) is 20.8. The second kappa shape index (κ2) is 8.95. The number of carboxylic acid groups (broad SMARTS) is 2. The van der Waals surface area contributed by atoms with E-state index in [4.69, 9.17) is 21.7 Å². The van der Waals surface area contributed by atoms with E-state index in [0.717, 1.165) is 32.1 Å². The average Bonchev–Trinajstić information content (AvgIpc) is 2.26. The van der Waals surface area contributed by atoms with Crippen molar-refractivity contribution in [1.29, 1.82) is 0 Å². The lowest BCUT2D eigenvalue weighted by atomic mass is 10.0. The van der Waals surface area contributed by atoms with Gasteiger partial charge in [-0.05, 0) is 12.8 Å². The van der Waals surface area contributed by atoms with Crippen LogP contribution in [0.15, 0.2) is 0 Å². The third-order valence-corrected chi connectivity index (χ3v) is 2.66. The molecule has 0 aliphatic rings. The predicted octanol–water partition coefficient (Wildman–Crippen LogP) is 0.541. The maximum Gasteiger partial charge on any atom is 0.320 e. The maximum atomic E-state index is 10.4. The van der Waals surface area contributed by atoms with Gasteiger partial charge < -0.3 is 21.7 Å². The molecule has 6 nitrogen and oxygen atoms in total. The minimum absolute atomic E-state index is 0.490. The van der Waals surface area contributed by atoms with Gasteiger partial charge in [0.15, 0.2) is 0 Å². The quantitative estimate of drug-likeness (QED) is 0.417. The van der Waals surface area contributed by atoms with Gasteiger partial charge in [0.05, 0.1) is 0 Å². The van der Waals surface area contributed by atoms with E-state index in [-0.39, 0.29) is 0 Å². The molecule has 2 unspecified atom stereocenters. The number of carboxylic acids is 2. The van der Waals surface area contributed by atoms with Crippen LogP contribution in [-0.4, -0.2) is 34.2 Å². The minimum Gasteiger partial charge on any atom is -0.480 e. The van der Waals surface area contributed by atoms with Crippen LogP contribution in [0.25, 0.3) is 0 Å². The number of hydrogen-bond acceptors (Lipinski definition) is 4. The van der Waals surface area contributed by atoms with Crippen molar-refractivity contribution in [2.75, 3.05) is 0 Å². The summed E-state index contributed by atoms with van der Waals surface area (Å²) in [5, 5.41) is 17.1. The van der Waals surface area contributed by atoms with Crippen LogP contribution in [0.5, 0.6) is 0 Å². The van der Waals surface area contributed by atoms with Crippen LogP contribution in [0.1, 0.15) is 44.9 Å². The normalized spacial score (nSPS) is 14.2. The first-order valence-electron chi connectivity index (χ1n) is 5.92. The summed E-state index contributed by atoms with van der Waals surface area (Å²) in [5.74, 6) is -1.92. The molecular weight excluding hydrogens is 224 g/mol. The zero-order valence-electron chi connectivity index (χ0n) is 9.97. The van der Waals surface area contributed by atoms with Crippen LogP contribution in [0.3, 0.4) is 0 Å². The fourth-order valence-electron chi connectivity index (χ4n) is 1.51. The first-order valence-corrected chi connectivity index (χ1v) is 5.92. The number of rotatable bonds is 10. The van der Waals surface area contributed by atoms with Crippen molar-refractivity contribution in [2.45, 2.75) is 57.0 Å². The second-order valence-corrected chi connectivity index (χ2v) is 4.23. The molecule has 0 spiro atoms. The molecule has 6 N–H and O–H groups in total. The van der Waals surface area contributed by atoms with Crippen molar-refractivity contribution >= 4 is 11.9 Å². The van der Waals surface area contributed by atoms with E-state index in [9.17, 15) is 9.59 Å². The summed E-state index contributed by atoms with van der Waals surface area (Å²) in [6, 6.07) is -1.54. The standard InChI is InChI=1S/C11H22N2O4/c12-8(10(14)15)6-4-2-1-3-5-7-9(13)11(16)17/h8-9H,1-7,12-13H2,(H,14,15)(H,16,17). The van der Waals surface area contributed by atoms with Gasteiger partial charge in [-0.25, -0.2) is 0 Å². The largest absolute Gasteiger partial charge is 0.480 e. The lowest BCUT2D eigenvalue weighted by molar-refractivity contribution is -0.139. The van der Waals surface area contributed by atoms with Crippen LogP contribution in [0, 0.1) is 0 Å². The molecule has 17 heavy (non-hydrogen) atoms. The molecular formula is C11H22N2O4. The van der Waals surface area contributed by atoms with Gasteiger partial charge in [0.1, 0.15) is 12.1 Å². The Labute approximate surface area is 101 Å². The lowest BCUT2D eigenvalue weighted by Crippen LogP contribution is -2.29. The third kappa shape index (κ3) is 8.65. The highest BCUT2D eigenvalue weighted by Gasteiger charge is 2.11. The molecule has 0 aliphatic heterocycles. The summed E-state index contributed by atoms with van der Waals surface area (Å²) in [6.45, 7) is 0. The molecule has 0 amide bonds. The summed E-state index contributed by atoms with van der Waals surface area (Å²) in [6.07, 6.45) is 5.36. The van der Waals surface area contributed by atoms with Crippen molar-refractivity contribution in [3.8, 4) is 0 Å². The van der Waals surface area contributed by atoms with E-state index in [2.05, 4.69) is 0 Å². The molecule has 0 saturated heterocycles. The van der Waals surface area contributed by atoms with Crippen LogP contribution in [-0.2, 0) is 9.59 Å². The summed E-state index contributed by atoms with van der Waals surface area (Å²) in [5.41, 5.74) is 10.7. The van der Waals surface area contributed by atoms with Crippen LogP contribution < -0.4 is 11.5 Å². The molecule has 0 aromatic rings. The van der Waals surface area contributed by atoms with E-state index in [1.165, 1.54) is 0 Å². The molecule has 0 rings (SSSR count). The molecule has 0 radical (unpaired) electrons. The van der Waals surface area contributed by atoms with Crippen LogP contribution in [0.2, 0.25) is 0 Å². The zero-order valence-corrected chi connectivity index (χ0v) is 9.97. The van der Waals surface area contributed by atoms with Gasteiger partial charge >= 0.3 is 11.9 Å². The fraction of sp³-hybridized carbons (Fsp3) is 0.818. The highest BCUT2D eigenvalue weighted by molar-refractivity contribution is 5.73. The maximum absolute atomic E-state index is 10.4. The molecule has 0 fully saturated rings. The highest BCUT2D eigenvalue weighted by Crippen LogP contribution is 2.09. The number of aliphatic carboxylic acids is 2. The van der Waals surface area contributed by atoms with Crippen molar-refractivity contribution < 1.29 is 19.8 Å². The number of nitrogens with two attached hydrogens (primary N) is 2. The Morgan fingerprint density at radius 1 is 0.765 bits per heavy atom. The van der Waals surface area contributed by atoms with Gasteiger partial charge in [0.25, 0.3) is 0 Å². The van der Waals surface area contributed by atoms with Crippen molar-refractivity contribution in [2.24, 2.45) is 11.5 Å². The average molecular weight is 246 g/mol. The van der Waals surface area contributed by atoms with Gasteiger partial charge in [0.2, 0.25) is 0 Å². The molecule has 100 valence electrons. The number of unbranched alkanes of at least 4 members (excludes halogenated alkanes) is 4. The first-order chi connectivity index (χ1) is 7.95. The van der Waals surface area contributed by atoms with Gasteiger partial charge in [-0.15, -0.1) is 0 Å². The molecule has 0 aromatic carbocycles. The van der Waals surface area contributed by atoms with Crippen molar-refractivity contribution in [3.05, 3.63) is 0 Å². The van der Waals surface area contributed by atoms with E-state index in [1.807, 2.05) is 0 Å². The Kier molecular flexibility index (Phi) is 8.35. The fourth-order valence-corrected chi connectivity index (χ4v) is 1.51. The highest BCUT2D eigenvalue weighted by atomic mass is 16.4. The smallest absolute Gasteiger partial charge is 0.320 e. The van der Waals surface area contributed by atoms with E-state index in [1.54, 1.807) is 0 Å². The van der Waals surface area contributed by atoms with E-state index < -0.39 is 24.0 Å². The Morgan fingerprint density at radius 3 is 1.35 bits per heavy atom. The Hall–Kier alpha value is -1.14. The molecule has 0 saturated carbocycles. The molecule has 6 heteroatoms. The van der Waals surface area contributed by atoms with Crippen LogP contribution in [0.4, 0.5) is 0 Å². The van der Waals surface area contributed by atoms with Gasteiger partial charge in [-0.3, -0.25) is 9.59 Å². The monoisotopic (exact) mass is 246 g/mol. The summed E-state index contributed by atoms with van der Waals surface area (Å²) in [7, 11) is 0. The van der Waals surface area contributed by atoms with Crippen molar-refractivity contribution in [1.82, 2.24) is 0 Å². The van der Waals surface area contributed by atoms with Crippen LogP contribution >= 0.6 is 0 Å². The zero-order chi connectivity index (χ0) is 13.3. The SMILES string of the molecule is NC(CCCCCCCC(N)C(=O)O)C(=O)O.